The van der Waals surface area contributed by atoms with Crippen molar-refractivity contribution in [3.05, 3.63) is 0 Å². The van der Waals surface area contributed by atoms with Crippen LogP contribution in [0.3, 0.4) is 0 Å². The van der Waals surface area contributed by atoms with Crippen molar-refractivity contribution in [2.24, 2.45) is 0 Å². The van der Waals surface area contributed by atoms with E-state index in [2.05, 4.69) is 0 Å². The molecule has 0 aliphatic heterocycles. The van der Waals surface area contributed by atoms with Gasteiger partial charge in [0, 0.05) is 12.1 Å². The van der Waals surface area contributed by atoms with Crippen molar-refractivity contribution in [3.8, 4) is 0 Å². The molecule has 0 rings (SSSR count). The van der Waals surface area contributed by atoms with Gasteiger partial charge in [0.2, 0.25) is 0 Å². The van der Waals surface area contributed by atoms with Crippen LogP contribution in [0.5, 0.6) is 0 Å². The SMILES string of the molecule is CC(C)(CCO)NS(=O)(=O)C(F)(F)F. The number of hydrogen-bond acceptors (Lipinski definition) is 3. The second-order valence-electron chi connectivity index (χ2n) is 3.41. The lowest BCUT2D eigenvalue weighted by Gasteiger charge is -2.25. The molecule has 0 radical (unpaired) electrons. The standard InChI is InChI=1S/C6H12F3NO3S/c1-5(2,3-4-11)10-14(12,13)6(7,8)9/h10-11H,3-4H2,1-2H3. The number of rotatable bonds is 4. The fourth-order valence-corrected chi connectivity index (χ4v) is 1.70. The average molecular weight is 235 g/mol. The number of aliphatic hydroxyl groups is 1. The Kier molecular flexibility index (Phi) is 3.93. The molecule has 0 aromatic heterocycles. The number of aliphatic hydroxyl groups excluding tert-OH is 1. The van der Waals surface area contributed by atoms with Crippen LogP contribution in [-0.2, 0) is 10.0 Å². The van der Waals surface area contributed by atoms with E-state index in [-0.39, 0.29) is 6.42 Å². The highest BCUT2D eigenvalue weighted by Gasteiger charge is 2.47. The second kappa shape index (κ2) is 4.03. The van der Waals surface area contributed by atoms with E-state index in [1.54, 1.807) is 0 Å². The number of sulfonamides is 1. The van der Waals surface area contributed by atoms with Gasteiger partial charge in [0.25, 0.3) is 0 Å². The van der Waals surface area contributed by atoms with Crippen molar-refractivity contribution in [2.45, 2.75) is 31.3 Å². The van der Waals surface area contributed by atoms with Crippen LogP contribution in [0, 0.1) is 0 Å². The van der Waals surface area contributed by atoms with Gasteiger partial charge in [-0.05, 0) is 20.3 Å². The van der Waals surface area contributed by atoms with Crippen molar-refractivity contribution in [2.75, 3.05) is 6.61 Å². The number of alkyl halides is 3. The first-order valence-corrected chi connectivity index (χ1v) is 5.21. The van der Waals surface area contributed by atoms with Crippen LogP contribution in [0.25, 0.3) is 0 Å². The van der Waals surface area contributed by atoms with E-state index >= 15 is 0 Å². The molecule has 8 heteroatoms. The first-order chi connectivity index (χ1) is 6.02. The van der Waals surface area contributed by atoms with Gasteiger partial charge in [-0.25, -0.2) is 13.1 Å². The summed E-state index contributed by atoms with van der Waals surface area (Å²) in [6.45, 7) is 2.12. The van der Waals surface area contributed by atoms with Gasteiger partial charge in [-0.3, -0.25) is 0 Å². The quantitative estimate of drug-likeness (QED) is 0.749. The molecule has 0 heterocycles. The summed E-state index contributed by atoms with van der Waals surface area (Å²) in [5.74, 6) is 0. The van der Waals surface area contributed by atoms with Crippen LogP contribution in [0.2, 0.25) is 0 Å². The molecule has 0 bridgehead atoms. The van der Waals surface area contributed by atoms with Crippen LogP contribution >= 0.6 is 0 Å². The lowest BCUT2D eigenvalue weighted by Crippen LogP contribution is -2.49. The van der Waals surface area contributed by atoms with Crippen molar-refractivity contribution in [3.63, 3.8) is 0 Å². The molecule has 0 unspecified atom stereocenters. The molecular formula is C6H12F3NO3S. The molecule has 0 saturated heterocycles. The summed E-state index contributed by atoms with van der Waals surface area (Å²) in [6, 6.07) is 0. The number of nitrogens with one attached hydrogen (secondary N) is 1. The Balaban J connectivity index is 4.69. The Morgan fingerprint density at radius 2 is 1.71 bits per heavy atom. The van der Waals surface area contributed by atoms with Crippen molar-refractivity contribution in [1.82, 2.24) is 4.72 Å². The molecule has 0 aliphatic rings. The molecular weight excluding hydrogens is 223 g/mol. The fourth-order valence-electron chi connectivity index (χ4n) is 0.752. The van der Waals surface area contributed by atoms with Gasteiger partial charge in [-0.1, -0.05) is 0 Å². The largest absolute Gasteiger partial charge is 0.511 e. The smallest absolute Gasteiger partial charge is 0.396 e. The van der Waals surface area contributed by atoms with E-state index in [0.717, 1.165) is 0 Å². The van der Waals surface area contributed by atoms with Gasteiger partial charge < -0.3 is 5.11 Å². The normalized spacial score (nSPS) is 14.4. The highest BCUT2D eigenvalue weighted by Crippen LogP contribution is 2.24. The van der Waals surface area contributed by atoms with Gasteiger partial charge in [-0.2, -0.15) is 13.2 Å². The van der Waals surface area contributed by atoms with Crippen LogP contribution in [-0.4, -0.2) is 31.2 Å². The van der Waals surface area contributed by atoms with Gasteiger partial charge in [0.05, 0.1) is 0 Å². The molecule has 14 heavy (non-hydrogen) atoms. The Hall–Kier alpha value is -0.340. The minimum atomic E-state index is -5.34. The maximum Gasteiger partial charge on any atom is 0.511 e. The minimum Gasteiger partial charge on any atom is -0.396 e. The lowest BCUT2D eigenvalue weighted by molar-refractivity contribution is -0.0456. The van der Waals surface area contributed by atoms with E-state index in [9.17, 15) is 21.6 Å². The van der Waals surface area contributed by atoms with Crippen molar-refractivity contribution < 1.29 is 26.7 Å². The van der Waals surface area contributed by atoms with Gasteiger partial charge in [0.15, 0.2) is 0 Å². The highest BCUT2D eigenvalue weighted by molar-refractivity contribution is 7.90. The Bertz CT molecular complexity index is 283. The third-order valence-electron chi connectivity index (χ3n) is 1.45. The average Bonchev–Trinajstić information content (AvgIpc) is 1.80. The summed E-state index contributed by atoms with van der Waals surface area (Å²) >= 11 is 0. The lowest BCUT2D eigenvalue weighted by atomic mass is 10.0. The first kappa shape index (κ1) is 13.7. The molecule has 0 spiro atoms. The van der Waals surface area contributed by atoms with Crippen molar-refractivity contribution >= 4 is 10.0 Å². The second-order valence-corrected chi connectivity index (χ2v) is 5.08. The molecule has 0 aromatic rings. The maximum absolute atomic E-state index is 11.9. The third kappa shape index (κ3) is 3.81. The summed E-state index contributed by atoms with van der Waals surface area (Å²) in [5.41, 5.74) is -6.64. The predicted octanol–water partition coefficient (Wildman–Crippen LogP) is 0.587. The molecule has 0 aromatic carbocycles. The summed E-state index contributed by atoms with van der Waals surface area (Å²) in [4.78, 5) is 0. The Morgan fingerprint density at radius 3 is 2.00 bits per heavy atom. The molecule has 0 saturated carbocycles. The molecule has 4 nitrogen and oxygen atoms in total. The topological polar surface area (TPSA) is 66.4 Å². The van der Waals surface area contributed by atoms with Crippen LogP contribution in [0.4, 0.5) is 13.2 Å². The first-order valence-electron chi connectivity index (χ1n) is 3.73. The van der Waals surface area contributed by atoms with Crippen LogP contribution in [0.15, 0.2) is 0 Å². The molecule has 0 atom stereocenters. The zero-order chi connectivity index (χ0) is 11.6. The Morgan fingerprint density at radius 1 is 1.29 bits per heavy atom. The van der Waals surface area contributed by atoms with E-state index < -0.39 is 27.7 Å². The zero-order valence-electron chi connectivity index (χ0n) is 7.72. The molecule has 0 aliphatic carbocycles. The highest BCUT2D eigenvalue weighted by atomic mass is 32.2. The third-order valence-corrected chi connectivity index (χ3v) is 2.88. The van der Waals surface area contributed by atoms with Crippen LogP contribution in [0.1, 0.15) is 20.3 Å². The van der Waals surface area contributed by atoms with E-state index in [1.807, 2.05) is 0 Å². The van der Waals surface area contributed by atoms with Crippen LogP contribution < -0.4 is 4.72 Å². The summed E-state index contributed by atoms with van der Waals surface area (Å²) in [7, 11) is -5.34. The maximum atomic E-state index is 11.9. The number of halogens is 3. The van der Waals surface area contributed by atoms with E-state index in [0.29, 0.717) is 0 Å². The Labute approximate surface area is 80.2 Å². The molecule has 0 amide bonds. The monoisotopic (exact) mass is 235 g/mol. The van der Waals surface area contributed by atoms with Gasteiger partial charge in [-0.15, -0.1) is 0 Å². The number of hydrogen-bond donors (Lipinski definition) is 2. The van der Waals surface area contributed by atoms with Gasteiger partial charge in [0.1, 0.15) is 0 Å². The summed E-state index contributed by atoms with van der Waals surface area (Å²) < 4.78 is 58.4. The van der Waals surface area contributed by atoms with E-state index in [4.69, 9.17) is 5.11 Å². The van der Waals surface area contributed by atoms with E-state index in [1.165, 1.54) is 18.6 Å². The molecule has 0 fully saturated rings. The van der Waals surface area contributed by atoms with Gasteiger partial charge >= 0.3 is 15.5 Å². The summed E-state index contributed by atoms with van der Waals surface area (Å²) in [6.07, 6.45) is -0.0949. The van der Waals surface area contributed by atoms with Crippen molar-refractivity contribution in [1.29, 1.82) is 0 Å². The zero-order valence-corrected chi connectivity index (χ0v) is 8.54. The minimum absolute atomic E-state index is 0.0949. The predicted molar refractivity (Wildman–Crippen MR) is 43.9 cm³/mol. The molecule has 86 valence electrons. The molecule has 2 N–H and O–H groups in total. The summed E-state index contributed by atoms with van der Waals surface area (Å²) in [5, 5.41) is 8.49. The fraction of sp³-hybridized carbons (Fsp3) is 1.00.